The summed E-state index contributed by atoms with van der Waals surface area (Å²) >= 11 is 6.13. The Kier molecular flexibility index (Phi) is 4.49. The van der Waals surface area contributed by atoms with Gasteiger partial charge in [-0.1, -0.05) is 38.4 Å². The third kappa shape index (κ3) is 3.47. The lowest BCUT2D eigenvalue weighted by Gasteiger charge is -2.43. The predicted octanol–water partition coefficient (Wildman–Crippen LogP) is 3.30. The minimum Gasteiger partial charge on any atom is -0.314 e. The van der Waals surface area contributed by atoms with Crippen LogP contribution in [0.15, 0.2) is 18.2 Å². The molecule has 19 heavy (non-hydrogen) atoms. The number of hydrogen-bond acceptors (Lipinski definition) is 2. The highest BCUT2D eigenvalue weighted by atomic mass is 35.5. The fourth-order valence-corrected chi connectivity index (χ4v) is 2.90. The molecule has 1 N–H and O–H groups in total. The monoisotopic (exact) mass is 284 g/mol. The molecule has 0 bridgehead atoms. The van der Waals surface area contributed by atoms with Gasteiger partial charge in [0.15, 0.2) is 0 Å². The van der Waals surface area contributed by atoms with Crippen molar-refractivity contribution in [1.29, 1.82) is 0 Å². The van der Waals surface area contributed by atoms with Gasteiger partial charge in [0.05, 0.1) is 0 Å². The Balaban J connectivity index is 2.20. The Labute approximate surface area is 119 Å². The summed E-state index contributed by atoms with van der Waals surface area (Å²) in [4.78, 5) is 2.33. The summed E-state index contributed by atoms with van der Waals surface area (Å²) in [5.41, 5.74) is 0.769. The Morgan fingerprint density at radius 3 is 2.79 bits per heavy atom. The molecule has 1 aromatic carbocycles. The molecule has 0 aromatic heterocycles. The van der Waals surface area contributed by atoms with Crippen molar-refractivity contribution in [3.63, 3.8) is 0 Å². The highest BCUT2D eigenvalue weighted by molar-refractivity contribution is 6.31. The van der Waals surface area contributed by atoms with E-state index in [0.29, 0.717) is 23.2 Å². The van der Waals surface area contributed by atoms with Crippen LogP contribution in [-0.4, -0.2) is 30.6 Å². The van der Waals surface area contributed by atoms with Crippen LogP contribution in [0.3, 0.4) is 0 Å². The third-order valence-corrected chi connectivity index (χ3v) is 4.13. The lowest BCUT2D eigenvalue weighted by Crippen LogP contribution is -2.56. The molecule has 2 nitrogen and oxygen atoms in total. The van der Waals surface area contributed by atoms with E-state index in [1.165, 1.54) is 6.07 Å². The average molecular weight is 285 g/mol. The second kappa shape index (κ2) is 5.78. The summed E-state index contributed by atoms with van der Waals surface area (Å²) in [5, 5.41) is 3.94. The van der Waals surface area contributed by atoms with Crippen LogP contribution in [0.4, 0.5) is 4.39 Å². The van der Waals surface area contributed by atoms with Crippen LogP contribution in [-0.2, 0) is 6.54 Å². The molecule has 1 fully saturated rings. The van der Waals surface area contributed by atoms with Crippen molar-refractivity contribution >= 4 is 11.6 Å². The summed E-state index contributed by atoms with van der Waals surface area (Å²) in [6.45, 7) is 10.1. The van der Waals surface area contributed by atoms with Crippen LogP contribution in [0.5, 0.6) is 0 Å². The van der Waals surface area contributed by atoms with Crippen molar-refractivity contribution in [2.24, 2.45) is 5.41 Å². The Bertz CT molecular complexity index is 422. The van der Waals surface area contributed by atoms with Gasteiger partial charge < -0.3 is 5.32 Å². The van der Waals surface area contributed by atoms with Crippen molar-refractivity contribution in [1.82, 2.24) is 10.2 Å². The van der Waals surface area contributed by atoms with Crippen LogP contribution < -0.4 is 5.32 Å². The van der Waals surface area contributed by atoms with E-state index in [1.54, 1.807) is 12.1 Å². The lowest BCUT2D eigenvalue weighted by molar-refractivity contribution is 0.0680. The molecular weight excluding hydrogens is 263 g/mol. The van der Waals surface area contributed by atoms with Crippen molar-refractivity contribution in [3.05, 3.63) is 34.6 Å². The van der Waals surface area contributed by atoms with Gasteiger partial charge in [0.1, 0.15) is 5.82 Å². The van der Waals surface area contributed by atoms with E-state index in [1.807, 2.05) is 0 Å². The quantitative estimate of drug-likeness (QED) is 0.896. The average Bonchev–Trinajstić information content (AvgIpc) is 2.33. The Hall–Kier alpha value is -0.640. The number of halogens is 2. The van der Waals surface area contributed by atoms with Gasteiger partial charge in [0.25, 0.3) is 0 Å². The van der Waals surface area contributed by atoms with Gasteiger partial charge in [0.2, 0.25) is 0 Å². The van der Waals surface area contributed by atoms with Gasteiger partial charge in [0, 0.05) is 42.8 Å². The van der Waals surface area contributed by atoms with Crippen LogP contribution in [0, 0.1) is 11.2 Å². The number of benzene rings is 1. The number of hydrogen-bond donors (Lipinski definition) is 1. The summed E-state index contributed by atoms with van der Waals surface area (Å²) in [7, 11) is 0. The fourth-order valence-electron chi connectivity index (χ4n) is 2.68. The molecule has 0 amide bonds. The lowest BCUT2D eigenvalue weighted by atomic mass is 9.84. The SMILES string of the molecule is CC(C)(C)C1CNCCN1Cc1c(F)cccc1Cl. The maximum Gasteiger partial charge on any atom is 0.129 e. The molecule has 1 heterocycles. The molecule has 1 atom stereocenters. The van der Waals surface area contributed by atoms with Gasteiger partial charge in [-0.25, -0.2) is 4.39 Å². The molecule has 4 heteroatoms. The second-order valence-electron chi connectivity index (χ2n) is 6.26. The van der Waals surface area contributed by atoms with Crippen molar-refractivity contribution in [3.8, 4) is 0 Å². The highest BCUT2D eigenvalue weighted by Gasteiger charge is 2.32. The number of piperazine rings is 1. The van der Waals surface area contributed by atoms with Gasteiger partial charge in [-0.05, 0) is 17.5 Å². The fraction of sp³-hybridized carbons (Fsp3) is 0.600. The minimum absolute atomic E-state index is 0.158. The van der Waals surface area contributed by atoms with Crippen molar-refractivity contribution in [2.75, 3.05) is 19.6 Å². The first-order chi connectivity index (χ1) is 8.89. The summed E-state index contributed by atoms with van der Waals surface area (Å²) in [6, 6.07) is 5.28. The van der Waals surface area contributed by atoms with Crippen LogP contribution in [0.2, 0.25) is 5.02 Å². The molecule has 1 aromatic rings. The van der Waals surface area contributed by atoms with Gasteiger partial charge in [-0.3, -0.25) is 4.90 Å². The molecule has 1 aliphatic rings. The molecule has 1 unspecified atom stereocenters. The molecule has 2 rings (SSSR count). The molecule has 1 saturated heterocycles. The molecule has 106 valence electrons. The number of rotatable bonds is 2. The largest absolute Gasteiger partial charge is 0.314 e. The van der Waals surface area contributed by atoms with Gasteiger partial charge >= 0.3 is 0 Å². The molecule has 1 aliphatic heterocycles. The van der Waals surface area contributed by atoms with Crippen molar-refractivity contribution in [2.45, 2.75) is 33.4 Å². The smallest absolute Gasteiger partial charge is 0.129 e. The van der Waals surface area contributed by atoms with E-state index < -0.39 is 0 Å². The zero-order valence-electron chi connectivity index (χ0n) is 11.8. The van der Waals surface area contributed by atoms with Crippen LogP contribution in [0.25, 0.3) is 0 Å². The van der Waals surface area contributed by atoms with E-state index in [-0.39, 0.29) is 11.2 Å². The van der Waals surface area contributed by atoms with Gasteiger partial charge in [-0.2, -0.15) is 0 Å². The summed E-state index contributed by atoms with van der Waals surface area (Å²) < 4.78 is 13.9. The zero-order valence-corrected chi connectivity index (χ0v) is 12.6. The predicted molar refractivity (Wildman–Crippen MR) is 77.9 cm³/mol. The standard InChI is InChI=1S/C15H22ClFN2/c1-15(2,3)14-9-18-7-8-19(14)10-11-12(16)5-4-6-13(11)17/h4-6,14,18H,7-10H2,1-3H3. The zero-order chi connectivity index (χ0) is 14.0. The Morgan fingerprint density at radius 1 is 1.42 bits per heavy atom. The van der Waals surface area contributed by atoms with E-state index in [0.717, 1.165) is 19.6 Å². The van der Waals surface area contributed by atoms with Crippen LogP contribution in [0.1, 0.15) is 26.3 Å². The molecule has 0 radical (unpaired) electrons. The van der Waals surface area contributed by atoms with E-state index in [9.17, 15) is 4.39 Å². The second-order valence-corrected chi connectivity index (χ2v) is 6.66. The maximum atomic E-state index is 13.9. The molecule has 0 aliphatic carbocycles. The Morgan fingerprint density at radius 2 is 2.16 bits per heavy atom. The van der Waals surface area contributed by atoms with Gasteiger partial charge in [-0.15, -0.1) is 0 Å². The number of nitrogens with zero attached hydrogens (tertiary/aromatic N) is 1. The third-order valence-electron chi connectivity index (χ3n) is 3.78. The first-order valence-corrected chi connectivity index (χ1v) is 7.15. The summed E-state index contributed by atoms with van der Waals surface area (Å²) in [5.74, 6) is -0.210. The highest BCUT2D eigenvalue weighted by Crippen LogP contribution is 2.29. The van der Waals surface area contributed by atoms with E-state index in [2.05, 4.69) is 31.0 Å². The first-order valence-electron chi connectivity index (χ1n) is 6.77. The normalized spacial score (nSPS) is 21.6. The maximum absolute atomic E-state index is 13.9. The number of nitrogens with one attached hydrogen (secondary N) is 1. The molecular formula is C15H22ClFN2. The minimum atomic E-state index is -0.210. The topological polar surface area (TPSA) is 15.3 Å². The molecule has 0 spiro atoms. The van der Waals surface area contributed by atoms with Crippen molar-refractivity contribution < 1.29 is 4.39 Å². The first kappa shape index (κ1) is 14.8. The molecule has 0 saturated carbocycles. The van der Waals surface area contributed by atoms with E-state index >= 15 is 0 Å². The van der Waals surface area contributed by atoms with Crippen LogP contribution >= 0.6 is 11.6 Å². The van der Waals surface area contributed by atoms with E-state index in [4.69, 9.17) is 11.6 Å². The summed E-state index contributed by atoms with van der Waals surface area (Å²) in [6.07, 6.45) is 0.